The summed E-state index contributed by atoms with van der Waals surface area (Å²) in [7, 11) is 2.01. The summed E-state index contributed by atoms with van der Waals surface area (Å²) >= 11 is 0. The summed E-state index contributed by atoms with van der Waals surface area (Å²) in [5, 5.41) is 0. The fourth-order valence-corrected chi connectivity index (χ4v) is 2.65. The number of imidazole rings is 1. The quantitative estimate of drug-likeness (QED) is 0.856. The normalized spacial score (nSPS) is 16.9. The second-order valence-electron chi connectivity index (χ2n) is 5.39. The van der Waals surface area contributed by atoms with Crippen molar-refractivity contribution >= 4 is 5.91 Å². The van der Waals surface area contributed by atoms with Gasteiger partial charge in [0.15, 0.2) is 0 Å². The van der Waals surface area contributed by atoms with Gasteiger partial charge in [-0.1, -0.05) is 0 Å². The number of hydrogen-bond acceptors (Lipinski definition) is 4. The molecule has 0 radical (unpaired) electrons. The molecular weight excluding hydrogens is 268 g/mol. The molecule has 1 fully saturated rings. The van der Waals surface area contributed by atoms with Gasteiger partial charge in [0, 0.05) is 45.6 Å². The number of nitrogens with zero attached hydrogens (tertiary/aromatic N) is 4. The summed E-state index contributed by atoms with van der Waals surface area (Å²) in [6.07, 6.45) is 7.81. The van der Waals surface area contributed by atoms with E-state index in [-0.39, 0.29) is 5.91 Å². The van der Waals surface area contributed by atoms with Crippen molar-refractivity contribution in [3.05, 3.63) is 42.4 Å². The smallest absolute Gasteiger partial charge is 0.257 e. The van der Waals surface area contributed by atoms with E-state index in [0.29, 0.717) is 5.56 Å². The number of amides is 1. The van der Waals surface area contributed by atoms with Crippen LogP contribution in [0.2, 0.25) is 0 Å². The molecule has 0 atom stereocenters. The zero-order chi connectivity index (χ0) is 14.7. The second-order valence-corrected chi connectivity index (χ2v) is 5.39. The largest absolute Gasteiger partial charge is 0.472 e. The zero-order valence-electron chi connectivity index (χ0n) is 12.2. The van der Waals surface area contributed by atoms with Gasteiger partial charge < -0.3 is 13.9 Å². The number of aromatic nitrogens is 2. The first-order valence-corrected chi connectivity index (χ1v) is 7.24. The molecule has 0 N–H and O–H groups in total. The predicted octanol–water partition coefficient (Wildman–Crippen LogP) is 1.36. The van der Waals surface area contributed by atoms with Gasteiger partial charge in [-0.2, -0.15) is 0 Å². The molecule has 6 nitrogen and oxygen atoms in total. The molecule has 3 heterocycles. The molecule has 1 amide bonds. The van der Waals surface area contributed by atoms with Crippen LogP contribution < -0.4 is 0 Å². The Hall–Kier alpha value is -2.08. The monoisotopic (exact) mass is 288 g/mol. The Bertz CT molecular complexity index is 591. The lowest BCUT2D eigenvalue weighted by Gasteiger charge is -2.21. The molecule has 2 aromatic rings. The van der Waals surface area contributed by atoms with E-state index < -0.39 is 0 Å². The van der Waals surface area contributed by atoms with Gasteiger partial charge in [0.1, 0.15) is 12.1 Å². The van der Waals surface area contributed by atoms with E-state index in [1.807, 2.05) is 28.9 Å². The van der Waals surface area contributed by atoms with Crippen LogP contribution in [-0.4, -0.2) is 51.4 Å². The maximum absolute atomic E-state index is 12.3. The summed E-state index contributed by atoms with van der Waals surface area (Å²) in [5.41, 5.74) is 0.632. The Balaban J connectivity index is 1.59. The highest BCUT2D eigenvalue weighted by Gasteiger charge is 2.21. The first-order valence-electron chi connectivity index (χ1n) is 7.24. The van der Waals surface area contributed by atoms with Crippen molar-refractivity contribution in [1.82, 2.24) is 19.4 Å². The third kappa shape index (κ3) is 3.16. The van der Waals surface area contributed by atoms with Crippen LogP contribution in [0.1, 0.15) is 22.6 Å². The molecule has 0 aromatic carbocycles. The van der Waals surface area contributed by atoms with Crippen molar-refractivity contribution in [2.24, 2.45) is 7.05 Å². The van der Waals surface area contributed by atoms with Gasteiger partial charge >= 0.3 is 0 Å². The minimum atomic E-state index is 0.0580. The molecule has 0 aliphatic carbocycles. The third-order valence-electron chi connectivity index (χ3n) is 3.93. The van der Waals surface area contributed by atoms with E-state index in [4.69, 9.17) is 4.42 Å². The fraction of sp³-hybridized carbons (Fsp3) is 0.467. The highest BCUT2D eigenvalue weighted by molar-refractivity contribution is 5.93. The van der Waals surface area contributed by atoms with Crippen molar-refractivity contribution in [3.63, 3.8) is 0 Å². The van der Waals surface area contributed by atoms with E-state index in [0.717, 1.165) is 45.0 Å². The molecule has 1 saturated heterocycles. The van der Waals surface area contributed by atoms with Gasteiger partial charge in [0.25, 0.3) is 5.91 Å². The lowest BCUT2D eigenvalue weighted by Crippen LogP contribution is -2.35. The molecule has 6 heteroatoms. The van der Waals surface area contributed by atoms with E-state index in [1.54, 1.807) is 12.3 Å². The Labute approximate surface area is 124 Å². The average Bonchev–Trinajstić information content (AvgIpc) is 3.08. The van der Waals surface area contributed by atoms with Crippen LogP contribution in [0.4, 0.5) is 0 Å². The second kappa shape index (κ2) is 6.13. The summed E-state index contributed by atoms with van der Waals surface area (Å²) in [6, 6.07) is 1.72. The Morgan fingerprint density at radius 3 is 2.95 bits per heavy atom. The first-order chi connectivity index (χ1) is 10.2. The Morgan fingerprint density at radius 1 is 1.33 bits per heavy atom. The molecule has 0 saturated carbocycles. The van der Waals surface area contributed by atoms with Crippen molar-refractivity contribution in [1.29, 1.82) is 0 Å². The minimum Gasteiger partial charge on any atom is -0.472 e. The van der Waals surface area contributed by atoms with Crippen molar-refractivity contribution < 1.29 is 9.21 Å². The van der Waals surface area contributed by atoms with E-state index in [1.165, 1.54) is 6.26 Å². The molecule has 1 aliphatic rings. The van der Waals surface area contributed by atoms with Gasteiger partial charge in [-0.3, -0.25) is 9.69 Å². The summed E-state index contributed by atoms with van der Waals surface area (Å²) < 4.78 is 7.03. The maximum atomic E-state index is 12.3. The highest BCUT2D eigenvalue weighted by Crippen LogP contribution is 2.11. The first kappa shape index (κ1) is 13.9. The number of rotatable bonds is 3. The van der Waals surface area contributed by atoms with E-state index in [2.05, 4.69) is 9.88 Å². The molecule has 0 unspecified atom stereocenters. The van der Waals surface area contributed by atoms with Crippen LogP contribution in [0, 0.1) is 0 Å². The number of carbonyl (C=O) groups is 1. The fourth-order valence-electron chi connectivity index (χ4n) is 2.65. The molecule has 112 valence electrons. The molecule has 1 aliphatic heterocycles. The standard InChI is InChI=1S/C15H20N4O2/c1-17-7-4-16-14(17)11-18-5-2-6-19(9-8-18)15(20)13-3-10-21-12-13/h3-4,7,10,12H,2,5-6,8-9,11H2,1H3. The SMILES string of the molecule is Cn1ccnc1CN1CCCN(C(=O)c2ccoc2)CC1. The van der Waals surface area contributed by atoms with E-state index in [9.17, 15) is 4.79 Å². The molecule has 0 spiro atoms. The highest BCUT2D eigenvalue weighted by atomic mass is 16.3. The molecule has 3 rings (SSSR count). The third-order valence-corrected chi connectivity index (χ3v) is 3.93. The number of hydrogen-bond donors (Lipinski definition) is 0. The molecule has 21 heavy (non-hydrogen) atoms. The maximum Gasteiger partial charge on any atom is 0.257 e. The Kier molecular flexibility index (Phi) is 4.06. The van der Waals surface area contributed by atoms with Crippen LogP contribution in [-0.2, 0) is 13.6 Å². The molecule has 0 bridgehead atoms. The lowest BCUT2D eigenvalue weighted by molar-refractivity contribution is 0.0760. The van der Waals surface area contributed by atoms with Crippen LogP contribution in [0.15, 0.2) is 35.4 Å². The summed E-state index contributed by atoms with van der Waals surface area (Å²) in [4.78, 5) is 20.9. The van der Waals surface area contributed by atoms with Crippen LogP contribution in [0.3, 0.4) is 0 Å². The Morgan fingerprint density at radius 2 is 2.24 bits per heavy atom. The van der Waals surface area contributed by atoms with Crippen molar-refractivity contribution in [3.8, 4) is 0 Å². The average molecular weight is 288 g/mol. The number of aryl methyl sites for hydroxylation is 1. The van der Waals surface area contributed by atoms with Gasteiger partial charge in [-0.25, -0.2) is 4.98 Å². The van der Waals surface area contributed by atoms with E-state index >= 15 is 0 Å². The van der Waals surface area contributed by atoms with Crippen molar-refractivity contribution in [2.45, 2.75) is 13.0 Å². The summed E-state index contributed by atoms with van der Waals surface area (Å²) in [6.45, 7) is 4.23. The number of carbonyl (C=O) groups excluding carboxylic acids is 1. The predicted molar refractivity (Wildman–Crippen MR) is 77.7 cm³/mol. The topological polar surface area (TPSA) is 54.5 Å². The lowest BCUT2D eigenvalue weighted by atomic mass is 10.3. The molecule has 2 aromatic heterocycles. The number of furan rings is 1. The summed E-state index contributed by atoms with van der Waals surface area (Å²) in [5.74, 6) is 1.12. The van der Waals surface area contributed by atoms with Gasteiger partial charge in [0.2, 0.25) is 0 Å². The van der Waals surface area contributed by atoms with Gasteiger partial charge in [0.05, 0.1) is 18.4 Å². The zero-order valence-corrected chi connectivity index (χ0v) is 12.2. The van der Waals surface area contributed by atoms with Gasteiger partial charge in [-0.05, 0) is 12.5 Å². The van der Waals surface area contributed by atoms with Crippen molar-refractivity contribution in [2.75, 3.05) is 26.2 Å². The van der Waals surface area contributed by atoms with Crippen LogP contribution >= 0.6 is 0 Å². The van der Waals surface area contributed by atoms with Crippen LogP contribution in [0.25, 0.3) is 0 Å². The minimum absolute atomic E-state index is 0.0580. The molecular formula is C15H20N4O2. The van der Waals surface area contributed by atoms with Gasteiger partial charge in [-0.15, -0.1) is 0 Å². The van der Waals surface area contributed by atoms with Crippen LogP contribution in [0.5, 0.6) is 0 Å².